The molecule has 0 fully saturated rings. The molecule has 0 aliphatic rings. The maximum atomic E-state index is 11.8. The van der Waals surface area contributed by atoms with Gasteiger partial charge in [-0.1, -0.05) is 6.07 Å². The highest BCUT2D eigenvalue weighted by Crippen LogP contribution is 2.27. The van der Waals surface area contributed by atoms with Gasteiger partial charge in [0.25, 0.3) is 0 Å². The Balaban J connectivity index is 2.17. The molecule has 3 rings (SSSR count). The second kappa shape index (κ2) is 4.90. The number of thiazole rings is 1. The molecule has 1 atom stereocenters. The zero-order chi connectivity index (χ0) is 15.2. The number of para-hydroxylation sites is 1. The Morgan fingerprint density at radius 3 is 2.71 bits per heavy atom. The smallest absolute Gasteiger partial charge is 0.177 e. The molecule has 2 aromatic heterocycles. The van der Waals surface area contributed by atoms with Crippen molar-refractivity contribution in [3.8, 4) is 11.5 Å². The van der Waals surface area contributed by atoms with Gasteiger partial charge in [-0.25, -0.2) is 18.4 Å². The summed E-state index contributed by atoms with van der Waals surface area (Å²) in [5.41, 5.74) is 7.57. The van der Waals surface area contributed by atoms with Crippen LogP contribution in [0.4, 0.5) is 0 Å². The van der Waals surface area contributed by atoms with Crippen LogP contribution >= 0.6 is 11.3 Å². The number of rotatable bonds is 3. The Morgan fingerprint density at radius 1 is 1.33 bits per heavy atom. The third-order valence-electron chi connectivity index (χ3n) is 3.03. The van der Waals surface area contributed by atoms with Gasteiger partial charge in [0.1, 0.15) is 16.2 Å². The lowest BCUT2D eigenvalue weighted by atomic mass is 10.3. The number of nitrogens with zero attached hydrogens (tertiary/aromatic N) is 2. The fourth-order valence-electron chi connectivity index (χ4n) is 2.03. The van der Waals surface area contributed by atoms with Crippen molar-refractivity contribution in [2.75, 3.05) is 6.26 Å². The topological polar surface area (TPSA) is 102 Å². The monoisotopic (exact) mass is 322 g/mol. The van der Waals surface area contributed by atoms with E-state index in [1.165, 1.54) is 17.6 Å². The quantitative estimate of drug-likeness (QED) is 0.769. The molecule has 0 aliphatic carbocycles. The number of nitrogens with one attached hydrogen (secondary N) is 1. The molecule has 0 amide bonds. The number of aromatic nitrogens is 3. The molecule has 0 bridgehead atoms. The van der Waals surface area contributed by atoms with Crippen molar-refractivity contribution in [1.82, 2.24) is 15.0 Å². The van der Waals surface area contributed by atoms with Crippen molar-refractivity contribution in [2.45, 2.75) is 17.9 Å². The molecule has 2 heterocycles. The number of sulfone groups is 1. The highest BCUT2D eigenvalue weighted by atomic mass is 32.2. The number of nitrogens with two attached hydrogens (primary N) is 1. The van der Waals surface area contributed by atoms with Crippen LogP contribution in [0, 0.1) is 0 Å². The molecule has 0 aliphatic heterocycles. The second-order valence-electron chi connectivity index (χ2n) is 4.87. The summed E-state index contributed by atoms with van der Waals surface area (Å²) in [5, 5.41) is 2.67. The van der Waals surface area contributed by atoms with Crippen LogP contribution in [0.1, 0.15) is 18.0 Å². The van der Waals surface area contributed by atoms with Crippen LogP contribution in [-0.2, 0) is 9.84 Å². The number of aromatic amines is 1. The number of hydrogen-bond acceptors (Lipinski definition) is 6. The van der Waals surface area contributed by atoms with E-state index in [2.05, 4.69) is 15.0 Å². The predicted octanol–water partition coefficient (Wildman–Crippen LogP) is 2.11. The average Bonchev–Trinajstić information content (AvgIpc) is 3.03. The van der Waals surface area contributed by atoms with Crippen LogP contribution in [0.3, 0.4) is 0 Å². The van der Waals surface area contributed by atoms with Crippen LogP contribution < -0.4 is 5.73 Å². The van der Waals surface area contributed by atoms with Crippen LogP contribution in [0.25, 0.3) is 22.6 Å². The van der Waals surface area contributed by atoms with Gasteiger partial charge in [-0.15, -0.1) is 11.3 Å². The summed E-state index contributed by atoms with van der Waals surface area (Å²) in [5.74, 6) is 0.546. The van der Waals surface area contributed by atoms with E-state index in [0.29, 0.717) is 22.6 Å². The minimum atomic E-state index is -3.33. The summed E-state index contributed by atoms with van der Waals surface area (Å²) < 4.78 is 23.6. The van der Waals surface area contributed by atoms with E-state index in [1.807, 2.05) is 12.3 Å². The summed E-state index contributed by atoms with van der Waals surface area (Å²) in [6.45, 7) is 1.86. The number of benzene rings is 1. The number of imidazole rings is 1. The Kier molecular flexibility index (Phi) is 3.31. The molecule has 1 unspecified atom stereocenters. The lowest BCUT2D eigenvalue weighted by Crippen LogP contribution is -2.03. The molecular formula is C13H14N4O2S2. The first-order valence-corrected chi connectivity index (χ1v) is 9.03. The third kappa shape index (κ3) is 2.57. The summed E-state index contributed by atoms with van der Waals surface area (Å²) >= 11 is 1.46. The molecule has 1 aromatic carbocycles. The fourth-order valence-corrected chi connectivity index (χ4v) is 3.63. The van der Waals surface area contributed by atoms with Crippen LogP contribution in [0.2, 0.25) is 0 Å². The van der Waals surface area contributed by atoms with Gasteiger partial charge in [-0.2, -0.15) is 0 Å². The molecule has 8 heteroatoms. The Morgan fingerprint density at radius 2 is 2.10 bits per heavy atom. The fraction of sp³-hybridized carbons (Fsp3) is 0.231. The van der Waals surface area contributed by atoms with Gasteiger partial charge >= 0.3 is 0 Å². The largest absolute Gasteiger partial charge is 0.337 e. The minimum absolute atomic E-state index is 0.139. The molecular weight excluding hydrogens is 308 g/mol. The van der Waals surface area contributed by atoms with Gasteiger partial charge in [0.2, 0.25) is 0 Å². The van der Waals surface area contributed by atoms with E-state index in [-0.39, 0.29) is 10.9 Å². The molecule has 3 aromatic rings. The normalized spacial score (nSPS) is 13.7. The van der Waals surface area contributed by atoms with Crippen LogP contribution in [0.5, 0.6) is 0 Å². The first-order chi connectivity index (χ1) is 9.86. The molecule has 3 N–H and O–H groups in total. The molecule has 0 saturated heterocycles. The third-order valence-corrected chi connectivity index (χ3v) is 5.20. The SMILES string of the molecule is CC(N)c1nc(-c2nc3c(S(C)(=O)=O)cccc3[nH]2)cs1. The molecule has 0 spiro atoms. The maximum Gasteiger partial charge on any atom is 0.177 e. The van der Waals surface area contributed by atoms with Gasteiger partial charge < -0.3 is 10.7 Å². The van der Waals surface area contributed by atoms with Gasteiger partial charge in [-0.3, -0.25) is 0 Å². The van der Waals surface area contributed by atoms with Gasteiger partial charge in [0.05, 0.1) is 16.5 Å². The number of fused-ring (bicyclic) bond motifs is 1. The van der Waals surface area contributed by atoms with Gasteiger partial charge in [0, 0.05) is 11.6 Å². The summed E-state index contributed by atoms with van der Waals surface area (Å²) in [6, 6.07) is 4.89. The number of hydrogen-bond donors (Lipinski definition) is 2. The lowest BCUT2D eigenvalue weighted by molar-refractivity contribution is 0.602. The summed E-state index contributed by atoms with van der Waals surface area (Å²) in [7, 11) is -3.33. The molecule has 0 saturated carbocycles. The van der Waals surface area contributed by atoms with E-state index in [9.17, 15) is 8.42 Å². The van der Waals surface area contributed by atoms with Crippen molar-refractivity contribution < 1.29 is 8.42 Å². The van der Waals surface area contributed by atoms with Crippen molar-refractivity contribution in [2.24, 2.45) is 5.73 Å². The lowest BCUT2D eigenvalue weighted by Gasteiger charge is -1.97. The van der Waals surface area contributed by atoms with Crippen LogP contribution in [0.15, 0.2) is 28.5 Å². The maximum absolute atomic E-state index is 11.8. The molecule has 6 nitrogen and oxygen atoms in total. The molecule has 0 radical (unpaired) electrons. The van der Waals surface area contributed by atoms with Gasteiger partial charge in [0.15, 0.2) is 15.7 Å². The predicted molar refractivity (Wildman–Crippen MR) is 82.9 cm³/mol. The second-order valence-corrected chi connectivity index (χ2v) is 7.74. The van der Waals surface area contributed by atoms with Crippen LogP contribution in [-0.4, -0.2) is 29.6 Å². The molecule has 21 heavy (non-hydrogen) atoms. The van der Waals surface area contributed by atoms with E-state index >= 15 is 0 Å². The van der Waals surface area contributed by atoms with E-state index in [0.717, 1.165) is 5.01 Å². The summed E-state index contributed by atoms with van der Waals surface area (Å²) in [4.78, 5) is 12.1. The van der Waals surface area contributed by atoms with Crippen molar-refractivity contribution in [3.05, 3.63) is 28.6 Å². The van der Waals surface area contributed by atoms with E-state index < -0.39 is 9.84 Å². The highest BCUT2D eigenvalue weighted by molar-refractivity contribution is 7.91. The molecule has 110 valence electrons. The van der Waals surface area contributed by atoms with Crippen molar-refractivity contribution in [1.29, 1.82) is 0 Å². The Hall–Kier alpha value is -1.77. The Bertz CT molecular complexity index is 909. The highest BCUT2D eigenvalue weighted by Gasteiger charge is 2.17. The average molecular weight is 322 g/mol. The first-order valence-electron chi connectivity index (χ1n) is 6.26. The van der Waals surface area contributed by atoms with Crippen molar-refractivity contribution >= 4 is 32.2 Å². The Labute approximate surface area is 126 Å². The van der Waals surface area contributed by atoms with E-state index in [1.54, 1.807) is 18.2 Å². The zero-order valence-electron chi connectivity index (χ0n) is 11.5. The first kappa shape index (κ1) is 14.2. The van der Waals surface area contributed by atoms with Gasteiger partial charge in [-0.05, 0) is 19.1 Å². The zero-order valence-corrected chi connectivity index (χ0v) is 13.1. The van der Waals surface area contributed by atoms with E-state index in [4.69, 9.17) is 5.73 Å². The summed E-state index contributed by atoms with van der Waals surface area (Å²) in [6.07, 6.45) is 1.17. The van der Waals surface area contributed by atoms with Crippen molar-refractivity contribution in [3.63, 3.8) is 0 Å². The number of H-pyrrole nitrogens is 1. The minimum Gasteiger partial charge on any atom is -0.337 e. The standard InChI is InChI=1S/C13H14N4O2S2/c1-7(14)13-16-9(6-20-13)12-15-8-4-3-5-10(11(8)17-12)21(2,18)19/h3-7H,14H2,1-2H3,(H,15,17).